The number of carbonyl (C=O) groups excluding carboxylic acids is 1. The van der Waals surface area contributed by atoms with Gasteiger partial charge in [-0.2, -0.15) is 0 Å². The number of benzene rings is 1. The minimum atomic E-state index is 0.0124. The summed E-state index contributed by atoms with van der Waals surface area (Å²) in [7, 11) is 8.01. The quantitative estimate of drug-likeness (QED) is 0.612. The molecule has 0 saturated carbocycles. The molecular formula is C21H27N5OS. The SMILES string of the molecule is Cc1cccc2cc(CN(CCN(C)C)C(=O)c3cncs3)c(N(C)C)nc12. The topological polar surface area (TPSA) is 52.6 Å². The van der Waals surface area contributed by atoms with E-state index in [4.69, 9.17) is 4.98 Å². The molecule has 1 amide bonds. The van der Waals surface area contributed by atoms with Gasteiger partial charge >= 0.3 is 0 Å². The van der Waals surface area contributed by atoms with Gasteiger partial charge in [0.2, 0.25) is 0 Å². The van der Waals surface area contributed by atoms with Gasteiger partial charge in [-0.05, 0) is 32.6 Å². The maximum absolute atomic E-state index is 13.1. The van der Waals surface area contributed by atoms with Crippen LogP contribution in [-0.2, 0) is 6.54 Å². The second-order valence-corrected chi connectivity index (χ2v) is 8.29. The van der Waals surface area contributed by atoms with Crippen LogP contribution in [0, 0.1) is 6.92 Å². The first-order valence-corrected chi connectivity index (χ1v) is 10.1. The number of carbonyl (C=O) groups is 1. The second-order valence-electron chi connectivity index (χ2n) is 7.41. The normalized spacial score (nSPS) is 11.2. The van der Waals surface area contributed by atoms with Crippen LogP contribution in [0.2, 0.25) is 0 Å². The zero-order valence-corrected chi connectivity index (χ0v) is 18.0. The molecule has 3 rings (SSSR count). The number of hydrogen-bond acceptors (Lipinski definition) is 6. The zero-order chi connectivity index (χ0) is 20.3. The summed E-state index contributed by atoms with van der Waals surface area (Å²) in [6, 6.07) is 8.36. The molecule has 6 nitrogen and oxygen atoms in total. The Labute approximate surface area is 170 Å². The van der Waals surface area contributed by atoms with E-state index in [0.717, 1.165) is 34.4 Å². The maximum atomic E-state index is 13.1. The van der Waals surface area contributed by atoms with Crippen LogP contribution in [0.3, 0.4) is 0 Å². The predicted molar refractivity (Wildman–Crippen MR) is 116 cm³/mol. The molecule has 0 atom stereocenters. The van der Waals surface area contributed by atoms with E-state index in [9.17, 15) is 4.79 Å². The first-order chi connectivity index (χ1) is 13.4. The van der Waals surface area contributed by atoms with Crippen LogP contribution in [-0.4, -0.2) is 67.0 Å². The van der Waals surface area contributed by atoms with Crippen molar-refractivity contribution < 1.29 is 4.79 Å². The number of anilines is 1. The van der Waals surface area contributed by atoms with Crippen molar-refractivity contribution in [1.29, 1.82) is 0 Å². The van der Waals surface area contributed by atoms with E-state index < -0.39 is 0 Å². The average Bonchev–Trinajstić information content (AvgIpc) is 3.18. The number of fused-ring (bicyclic) bond motifs is 1. The summed E-state index contributed by atoms with van der Waals surface area (Å²) in [6.07, 6.45) is 1.64. The van der Waals surface area contributed by atoms with Gasteiger partial charge in [0.25, 0.3) is 5.91 Å². The number of rotatable bonds is 7. The third kappa shape index (κ3) is 4.48. The average molecular weight is 398 g/mol. The Bertz CT molecular complexity index is 953. The fourth-order valence-corrected chi connectivity index (χ4v) is 3.73. The summed E-state index contributed by atoms with van der Waals surface area (Å²) in [6.45, 7) is 4.02. The number of likely N-dealkylation sites (N-methyl/N-ethyl adjacent to an activating group) is 1. The Kier molecular flexibility index (Phi) is 6.26. The van der Waals surface area contributed by atoms with Crippen LogP contribution in [0.15, 0.2) is 36.0 Å². The standard InChI is InChI=1S/C21H27N5OS/c1-15-7-6-8-16-11-17(20(25(4)5)23-19(15)16)13-26(10-9-24(2)3)21(27)18-12-22-14-28-18/h6-8,11-12,14H,9-10,13H2,1-5H3. The molecule has 0 spiro atoms. The van der Waals surface area contributed by atoms with Crippen molar-refractivity contribution in [3.05, 3.63) is 52.0 Å². The van der Waals surface area contributed by atoms with Crippen molar-refractivity contribution in [1.82, 2.24) is 19.8 Å². The van der Waals surface area contributed by atoms with E-state index in [1.165, 1.54) is 11.3 Å². The molecule has 0 unspecified atom stereocenters. The molecule has 0 bridgehead atoms. The Morgan fingerprint density at radius 2 is 1.93 bits per heavy atom. The Hall–Kier alpha value is -2.51. The monoisotopic (exact) mass is 397 g/mol. The highest BCUT2D eigenvalue weighted by Crippen LogP contribution is 2.26. The van der Waals surface area contributed by atoms with Gasteiger partial charge in [0.15, 0.2) is 0 Å². The lowest BCUT2D eigenvalue weighted by Gasteiger charge is -2.26. The third-order valence-corrected chi connectivity index (χ3v) is 5.40. The highest BCUT2D eigenvalue weighted by atomic mass is 32.1. The number of amides is 1. The van der Waals surface area contributed by atoms with Crippen molar-refractivity contribution in [2.24, 2.45) is 0 Å². The van der Waals surface area contributed by atoms with Crippen molar-refractivity contribution in [3.8, 4) is 0 Å². The van der Waals surface area contributed by atoms with Gasteiger partial charge in [-0.15, -0.1) is 11.3 Å². The van der Waals surface area contributed by atoms with Crippen LogP contribution in [0.25, 0.3) is 10.9 Å². The van der Waals surface area contributed by atoms with Gasteiger partial charge in [-0.3, -0.25) is 9.78 Å². The molecule has 7 heteroatoms. The van der Waals surface area contributed by atoms with Gasteiger partial charge in [-0.25, -0.2) is 4.98 Å². The Morgan fingerprint density at radius 3 is 2.57 bits per heavy atom. The van der Waals surface area contributed by atoms with Gasteiger partial charge in [0, 0.05) is 44.7 Å². The molecule has 2 heterocycles. The highest BCUT2D eigenvalue weighted by molar-refractivity contribution is 7.11. The van der Waals surface area contributed by atoms with Crippen LogP contribution in [0.4, 0.5) is 5.82 Å². The molecule has 0 aliphatic heterocycles. The molecule has 0 aliphatic carbocycles. The van der Waals surface area contributed by atoms with Gasteiger partial charge in [0.1, 0.15) is 10.7 Å². The molecular weight excluding hydrogens is 370 g/mol. The van der Waals surface area contributed by atoms with Crippen molar-refractivity contribution in [2.45, 2.75) is 13.5 Å². The molecule has 3 aromatic rings. The molecule has 0 N–H and O–H groups in total. The van der Waals surface area contributed by atoms with E-state index in [1.807, 2.05) is 44.1 Å². The van der Waals surface area contributed by atoms with E-state index in [0.29, 0.717) is 18.0 Å². The van der Waals surface area contributed by atoms with Gasteiger partial charge in [0.05, 0.1) is 17.2 Å². The summed E-state index contributed by atoms with van der Waals surface area (Å²) < 4.78 is 0. The van der Waals surface area contributed by atoms with E-state index in [-0.39, 0.29) is 5.91 Å². The number of pyridine rings is 1. The first kappa shape index (κ1) is 20.2. The van der Waals surface area contributed by atoms with E-state index >= 15 is 0 Å². The molecule has 2 aromatic heterocycles. The lowest BCUT2D eigenvalue weighted by Crippen LogP contribution is -2.36. The van der Waals surface area contributed by atoms with Crippen molar-refractivity contribution in [3.63, 3.8) is 0 Å². The molecule has 148 valence electrons. The molecule has 0 saturated heterocycles. The lowest BCUT2D eigenvalue weighted by atomic mass is 10.1. The molecule has 0 fully saturated rings. The number of aryl methyl sites for hydroxylation is 1. The number of nitrogens with zero attached hydrogens (tertiary/aromatic N) is 5. The minimum Gasteiger partial charge on any atom is -0.362 e. The van der Waals surface area contributed by atoms with E-state index in [1.54, 1.807) is 11.7 Å². The van der Waals surface area contributed by atoms with Gasteiger partial charge in [-0.1, -0.05) is 18.2 Å². The number of para-hydroxylation sites is 1. The Morgan fingerprint density at radius 1 is 1.14 bits per heavy atom. The maximum Gasteiger partial charge on any atom is 0.265 e. The molecule has 0 aliphatic rings. The highest BCUT2D eigenvalue weighted by Gasteiger charge is 2.20. The summed E-state index contributed by atoms with van der Waals surface area (Å²) in [5, 5.41) is 1.10. The predicted octanol–water partition coefficient (Wildman–Crippen LogP) is 3.27. The van der Waals surface area contributed by atoms with Crippen molar-refractivity contribution in [2.75, 3.05) is 46.2 Å². The minimum absolute atomic E-state index is 0.0124. The van der Waals surface area contributed by atoms with Crippen LogP contribution in [0.1, 0.15) is 20.8 Å². The third-order valence-electron chi connectivity index (χ3n) is 4.64. The summed E-state index contributed by atoms with van der Waals surface area (Å²) in [4.78, 5) is 28.7. The summed E-state index contributed by atoms with van der Waals surface area (Å²) in [5.74, 6) is 0.909. The summed E-state index contributed by atoms with van der Waals surface area (Å²) >= 11 is 1.38. The molecule has 0 radical (unpaired) electrons. The number of hydrogen-bond donors (Lipinski definition) is 0. The fourth-order valence-electron chi connectivity index (χ4n) is 3.14. The lowest BCUT2D eigenvalue weighted by molar-refractivity contribution is 0.0737. The largest absolute Gasteiger partial charge is 0.362 e. The zero-order valence-electron chi connectivity index (χ0n) is 17.1. The van der Waals surface area contributed by atoms with Crippen molar-refractivity contribution >= 4 is 34.0 Å². The summed E-state index contributed by atoms with van der Waals surface area (Å²) in [5.41, 5.74) is 4.89. The van der Waals surface area contributed by atoms with Crippen LogP contribution in [0.5, 0.6) is 0 Å². The van der Waals surface area contributed by atoms with Crippen LogP contribution >= 0.6 is 11.3 Å². The van der Waals surface area contributed by atoms with Gasteiger partial charge < -0.3 is 14.7 Å². The molecule has 28 heavy (non-hydrogen) atoms. The first-order valence-electron chi connectivity index (χ1n) is 9.26. The smallest absolute Gasteiger partial charge is 0.265 e. The van der Waals surface area contributed by atoms with E-state index in [2.05, 4.69) is 35.0 Å². The fraction of sp³-hybridized carbons (Fsp3) is 0.381. The van der Waals surface area contributed by atoms with Crippen LogP contribution < -0.4 is 4.90 Å². The molecule has 1 aromatic carbocycles. The number of thiazole rings is 1. The number of aromatic nitrogens is 2. The Balaban J connectivity index is 1.99. The second kappa shape index (κ2) is 8.67.